The Morgan fingerprint density at radius 2 is 2.06 bits per heavy atom. The minimum atomic E-state index is 0.346. The lowest BCUT2D eigenvalue weighted by Crippen LogP contribution is -2.32. The Labute approximate surface area is 99.6 Å². The van der Waals surface area contributed by atoms with Gasteiger partial charge in [-0.1, -0.05) is 13.8 Å². The summed E-state index contributed by atoms with van der Waals surface area (Å²) in [5, 5.41) is 3.08. The van der Waals surface area contributed by atoms with E-state index in [-0.39, 0.29) is 0 Å². The molecule has 0 aromatic rings. The fourth-order valence-electron chi connectivity index (χ4n) is 2.55. The van der Waals surface area contributed by atoms with Crippen LogP contribution in [0.4, 0.5) is 0 Å². The predicted molar refractivity (Wildman–Crippen MR) is 67.4 cm³/mol. The second-order valence-corrected chi connectivity index (χ2v) is 4.98. The predicted octanol–water partition coefficient (Wildman–Crippen LogP) is 2.02. The van der Waals surface area contributed by atoms with Crippen LogP contribution in [0.3, 0.4) is 0 Å². The van der Waals surface area contributed by atoms with Gasteiger partial charge in [0.25, 0.3) is 0 Å². The zero-order valence-corrected chi connectivity index (χ0v) is 11.0. The Hall–Kier alpha value is -0.570. The summed E-state index contributed by atoms with van der Waals surface area (Å²) in [6, 6.07) is 0. The first kappa shape index (κ1) is 13.5. The van der Waals surface area contributed by atoms with Crippen LogP contribution in [0.5, 0.6) is 0 Å². The van der Waals surface area contributed by atoms with E-state index in [2.05, 4.69) is 24.1 Å². The van der Waals surface area contributed by atoms with E-state index in [1.165, 1.54) is 19.3 Å². The number of likely N-dealkylation sites (tertiary alicyclic amines) is 1. The fourth-order valence-corrected chi connectivity index (χ4v) is 2.55. The molecule has 16 heavy (non-hydrogen) atoms. The Kier molecular flexibility index (Phi) is 5.26. The van der Waals surface area contributed by atoms with Gasteiger partial charge < -0.3 is 10.2 Å². The highest BCUT2D eigenvalue weighted by Crippen LogP contribution is 2.37. The summed E-state index contributed by atoms with van der Waals surface area (Å²) < 4.78 is 0. The number of hydrogen-bond acceptors (Lipinski definition) is 2. The third-order valence-corrected chi connectivity index (χ3v) is 4.11. The molecule has 0 spiro atoms. The first-order chi connectivity index (χ1) is 7.67. The van der Waals surface area contributed by atoms with Crippen LogP contribution >= 0.6 is 0 Å². The Morgan fingerprint density at radius 3 is 2.56 bits per heavy atom. The number of amides is 1. The van der Waals surface area contributed by atoms with Crippen molar-refractivity contribution in [2.45, 2.75) is 46.0 Å². The van der Waals surface area contributed by atoms with Gasteiger partial charge in [-0.15, -0.1) is 0 Å². The first-order valence-corrected chi connectivity index (χ1v) is 6.60. The molecule has 1 rings (SSSR count). The van der Waals surface area contributed by atoms with E-state index >= 15 is 0 Å². The summed E-state index contributed by atoms with van der Waals surface area (Å²) in [4.78, 5) is 14.0. The van der Waals surface area contributed by atoms with Crippen LogP contribution in [0.2, 0.25) is 0 Å². The van der Waals surface area contributed by atoms with Gasteiger partial charge in [-0.05, 0) is 44.7 Å². The van der Waals surface area contributed by atoms with Gasteiger partial charge in [0.1, 0.15) is 0 Å². The van der Waals surface area contributed by atoms with Crippen LogP contribution in [-0.4, -0.2) is 37.5 Å². The van der Waals surface area contributed by atoms with Crippen molar-refractivity contribution in [1.29, 1.82) is 0 Å². The molecule has 1 fully saturated rings. The molecular formula is C13H26N2O. The molecule has 1 aliphatic heterocycles. The molecule has 0 radical (unpaired) electrons. The number of nitrogens with zero attached hydrogens (tertiary/aromatic N) is 1. The molecule has 0 aliphatic carbocycles. The van der Waals surface area contributed by atoms with E-state index in [0.29, 0.717) is 17.7 Å². The lowest BCUT2D eigenvalue weighted by molar-refractivity contribution is -0.130. The van der Waals surface area contributed by atoms with E-state index in [9.17, 15) is 4.79 Å². The lowest BCUT2D eigenvalue weighted by atomic mass is 9.82. The highest BCUT2D eigenvalue weighted by Gasteiger charge is 2.36. The SMILES string of the molecule is CCC1(CC)CCN(C(=O)CCCNC)C1. The molecule has 0 bridgehead atoms. The van der Waals surface area contributed by atoms with Crippen LogP contribution in [0, 0.1) is 5.41 Å². The molecule has 0 aromatic carbocycles. The van der Waals surface area contributed by atoms with Crippen molar-refractivity contribution in [3.63, 3.8) is 0 Å². The molecule has 0 atom stereocenters. The second kappa shape index (κ2) is 6.24. The lowest BCUT2D eigenvalue weighted by Gasteiger charge is -2.26. The average molecular weight is 226 g/mol. The zero-order valence-electron chi connectivity index (χ0n) is 11.0. The van der Waals surface area contributed by atoms with E-state index < -0.39 is 0 Å². The average Bonchev–Trinajstić information content (AvgIpc) is 2.74. The number of rotatable bonds is 6. The summed E-state index contributed by atoms with van der Waals surface area (Å²) >= 11 is 0. The van der Waals surface area contributed by atoms with Gasteiger partial charge in [0.05, 0.1) is 0 Å². The number of hydrogen-bond donors (Lipinski definition) is 1. The second-order valence-electron chi connectivity index (χ2n) is 4.98. The van der Waals surface area contributed by atoms with Crippen molar-refractivity contribution < 1.29 is 4.79 Å². The maximum absolute atomic E-state index is 11.9. The number of carbonyl (C=O) groups is 1. The quantitative estimate of drug-likeness (QED) is 0.703. The molecule has 94 valence electrons. The van der Waals surface area contributed by atoms with Gasteiger partial charge in [-0.25, -0.2) is 0 Å². The van der Waals surface area contributed by atoms with Crippen molar-refractivity contribution in [1.82, 2.24) is 10.2 Å². The molecule has 0 aromatic heterocycles. The standard InChI is InChI=1S/C13H26N2O/c1-4-13(5-2)8-10-15(11-13)12(16)7-6-9-14-3/h14H,4-11H2,1-3H3. The van der Waals surface area contributed by atoms with Crippen molar-refractivity contribution in [2.75, 3.05) is 26.7 Å². The van der Waals surface area contributed by atoms with Gasteiger partial charge in [0.15, 0.2) is 0 Å². The van der Waals surface area contributed by atoms with Crippen molar-refractivity contribution >= 4 is 5.91 Å². The first-order valence-electron chi connectivity index (χ1n) is 6.60. The molecule has 0 saturated carbocycles. The largest absolute Gasteiger partial charge is 0.342 e. The van der Waals surface area contributed by atoms with Gasteiger partial charge in [0.2, 0.25) is 5.91 Å². The maximum atomic E-state index is 11.9. The van der Waals surface area contributed by atoms with Crippen molar-refractivity contribution in [3.05, 3.63) is 0 Å². The molecular weight excluding hydrogens is 200 g/mol. The van der Waals surface area contributed by atoms with E-state index in [1.54, 1.807) is 0 Å². The molecule has 1 saturated heterocycles. The highest BCUT2D eigenvalue weighted by molar-refractivity contribution is 5.76. The summed E-state index contributed by atoms with van der Waals surface area (Å²) in [5.74, 6) is 0.346. The monoisotopic (exact) mass is 226 g/mol. The maximum Gasteiger partial charge on any atom is 0.222 e. The third-order valence-electron chi connectivity index (χ3n) is 4.11. The Balaban J connectivity index is 2.37. The molecule has 1 heterocycles. The molecule has 3 nitrogen and oxygen atoms in total. The van der Waals surface area contributed by atoms with E-state index in [0.717, 1.165) is 26.1 Å². The molecule has 1 amide bonds. The fraction of sp³-hybridized carbons (Fsp3) is 0.923. The van der Waals surface area contributed by atoms with Crippen molar-refractivity contribution in [3.8, 4) is 0 Å². The van der Waals surface area contributed by atoms with Gasteiger partial charge in [0, 0.05) is 19.5 Å². The molecule has 1 aliphatic rings. The van der Waals surface area contributed by atoms with Crippen LogP contribution in [0.1, 0.15) is 46.0 Å². The summed E-state index contributed by atoms with van der Waals surface area (Å²) in [5.41, 5.74) is 0.415. The Morgan fingerprint density at radius 1 is 1.38 bits per heavy atom. The van der Waals surface area contributed by atoms with Gasteiger partial charge >= 0.3 is 0 Å². The normalized spacial score (nSPS) is 19.1. The van der Waals surface area contributed by atoms with E-state index in [1.807, 2.05) is 7.05 Å². The van der Waals surface area contributed by atoms with Crippen LogP contribution in [0.15, 0.2) is 0 Å². The topological polar surface area (TPSA) is 32.3 Å². The minimum absolute atomic E-state index is 0.346. The smallest absolute Gasteiger partial charge is 0.222 e. The molecule has 3 heteroatoms. The summed E-state index contributed by atoms with van der Waals surface area (Å²) in [6.07, 6.45) is 5.24. The van der Waals surface area contributed by atoms with Crippen LogP contribution in [-0.2, 0) is 4.79 Å². The summed E-state index contributed by atoms with van der Waals surface area (Å²) in [6.45, 7) is 7.39. The highest BCUT2D eigenvalue weighted by atomic mass is 16.2. The molecule has 1 N–H and O–H groups in total. The summed E-state index contributed by atoms with van der Waals surface area (Å²) in [7, 11) is 1.93. The number of carbonyl (C=O) groups excluding carboxylic acids is 1. The van der Waals surface area contributed by atoms with Gasteiger partial charge in [-0.3, -0.25) is 4.79 Å². The van der Waals surface area contributed by atoms with Crippen LogP contribution in [0.25, 0.3) is 0 Å². The number of nitrogens with one attached hydrogen (secondary N) is 1. The van der Waals surface area contributed by atoms with Gasteiger partial charge in [-0.2, -0.15) is 0 Å². The van der Waals surface area contributed by atoms with Crippen LogP contribution < -0.4 is 5.32 Å². The zero-order chi connectivity index (χ0) is 12.0. The van der Waals surface area contributed by atoms with E-state index in [4.69, 9.17) is 0 Å². The molecule has 0 unspecified atom stereocenters. The third kappa shape index (κ3) is 3.21. The minimum Gasteiger partial charge on any atom is -0.342 e. The Bertz CT molecular complexity index is 224. The van der Waals surface area contributed by atoms with Crippen molar-refractivity contribution in [2.24, 2.45) is 5.41 Å².